The summed E-state index contributed by atoms with van der Waals surface area (Å²) >= 11 is 7.60. The number of amides is 1. The van der Waals surface area contributed by atoms with Crippen molar-refractivity contribution in [3.8, 4) is 0 Å². The molecule has 108 valence electrons. The third-order valence-electron chi connectivity index (χ3n) is 4.18. The first kappa shape index (κ1) is 14.2. The molecule has 2 unspecified atom stereocenters. The maximum atomic E-state index is 12.4. The zero-order valence-corrected chi connectivity index (χ0v) is 12.7. The molecule has 0 spiro atoms. The molecular formula is C15H18ClNO2S. The summed E-state index contributed by atoms with van der Waals surface area (Å²) in [6.07, 6.45) is 3.31. The molecule has 0 saturated carbocycles. The van der Waals surface area contributed by atoms with Gasteiger partial charge in [0.2, 0.25) is 5.91 Å². The van der Waals surface area contributed by atoms with Crippen LogP contribution >= 0.6 is 23.4 Å². The number of carbonyl (C=O) groups excluding carboxylic acids is 1. The first-order valence-corrected chi connectivity index (χ1v) is 8.38. The van der Waals surface area contributed by atoms with E-state index in [2.05, 4.69) is 0 Å². The van der Waals surface area contributed by atoms with E-state index in [-0.39, 0.29) is 24.1 Å². The highest BCUT2D eigenvalue weighted by molar-refractivity contribution is 8.00. The van der Waals surface area contributed by atoms with Crippen LogP contribution in [0.1, 0.15) is 25.7 Å². The molecule has 2 saturated heterocycles. The first-order chi connectivity index (χ1) is 9.65. The molecular weight excluding hydrogens is 294 g/mol. The molecule has 0 aliphatic carbocycles. The molecule has 2 atom stereocenters. The van der Waals surface area contributed by atoms with Gasteiger partial charge in [0.15, 0.2) is 0 Å². The van der Waals surface area contributed by atoms with Crippen molar-refractivity contribution in [3.05, 3.63) is 29.3 Å². The Morgan fingerprint density at radius 3 is 2.60 bits per heavy atom. The lowest BCUT2D eigenvalue weighted by atomic mass is 10.00. The molecule has 2 aliphatic rings. The highest BCUT2D eigenvalue weighted by atomic mass is 35.5. The quantitative estimate of drug-likeness (QED) is 0.873. The van der Waals surface area contributed by atoms with E-state index >= 15 is 0 Å². The van der Waals surface area contributed by atoms with Gasteiger partial charge < -0.3 is 10.0 Å². The monoisotopic (exact) mass is 311 g/mol. The number of nitrogens with zero attached hydrogens (tertiary/aromatic N) is 1. The predicted octanol–water partition coefficient (Wildman–Crippen LogP) is 2.95. The largest absolute Gasteiger partial charge is 0.393 e. The van der Waals surface area contributed by atoms with E-state index in [9.17, 15) is 9.90 Å². The third-order valence-corrected chi connectivity index (χ3v) is 5.68. The number of hydrogen-bond donors (Lipinski definition) is 1. The Morgan fingerprint density at radius 1 is 1.30 bits per heavy atom. The van der Waals surface area contributed by atoms with E-state index in [1.54, 1.807) is 0 Å². The van der Waals surface area contributed by atoms with E-state index in [0.717, 1.165) is 30.6 Å². The summed E-state index contributed by atoms with van der Waals surface area (Å²) in [7, 11) is 0. The topological polar surface area (TPSA) is 40.5 Å². The molecule has 0 radical (unpaired) electrons. The Kier molecular flexibility index (Phi) is 4.24. The van der Waals surface area contributed by atoms with Crippen molar-refractivity contribution in [2.75, 3.05) is 5.75 Å². The predicted molar refractivity (Wildman–Crippen MR) is 81.1 cm³/mol. The number of piperidine rings is 1. The highest BCUT2D eigenvalue weighted by Crippen LogP contribution is 2.36. The molecule has 1 N–H and O–H groups in total. The number of aliphatic hydroxyl groups excluding tert-OH is 1. The van der Waals surface area contributed by atoms with Gasteiger partial charge in [0.05, 0.1) is 16.9 Å². The van der Waals surface area contributed by atoms with Crippen molar-refractivity contribution in [1.29, 1.82) is 0 Å². The minimum atomic E-state index is -0.229. The van der Waals surface area contributed by atoms with E-state index in [4.69, 9.17) is 11.6 Å². The van der Waals surface area contributed by atoms with Gasteiger partial charge in [0, 0.05) is 17.0 Å². The van der Waals surface area contributed by atoms with Crippen LogP contribution < -0.4 is 0 Å². The summed E-state index contributed by atoms with van der Waals surface area (Å²) in [5, 5.41) is 10.5. The fourth-order valence-corrected chi connectivity index (χ4v) is 4.44. The molecule has 3 rings (SSSR count). The zero-order chi connectivity index (χ0) is 14.1. The molecule has 1 aromatic rings. The summed E-state index contributed by atoms with van der Waals surface area (Å²) in [5.41, 5.74) is 0. The fourth-order valence-electron chi connectivity index (χ4n) is 3.33. The summed E-state index contributed by atoms with van der Waals surface area (Å²) in [6, 6.07) is 8.08. The van der Waals surface area contributed by atoms with E-state index in [0.29, 0.717) is 10.8 Å². The van der Waals surface area contributed by atoms with Crippen LogP contribution in [0.3, 0.4) is 0 Å². The summed E-state index contributed by atoms with van der Waals surface area (Å²) in [4.78, 5) is 15.4. The number of fused-ring (bicyclic) bond motifs is 2. The van der Waals surface area contributed by atoms with Crippen LogP contribution in [-0.2, 0) is 4.79 Å². The standard InChI is InChI=1S/C15H18ClNO2S/c16-13-3-1-2-4-14(13)20-9-15(19)17-10-5-6-11(17)8-12(18)7-10/h1-4,10-12,18H,5-9H2. The lowest BCUT2D eigenvalue weighted by Gasteiger charge is -2.37. The van der Waals surface area contributed by atoms with Gasteiger partial charge in [-0.15, -0.1) is 11.8 Å². The fraction of sp³-hybridized carbons (Fsp3) is 0.533. The van der Waals surface area contributed by atoms with Crippen LogP contribution in [0.5, 0.6) is 0 Å². The van der Waals surface area contributed by atoms with Crippen molar-refractivity contribution in [1.82, 2.24) is 4.90 Å². The minimum Gasteiger partial charge on any atom is -0.393 e. The van der Waals surface area contributed by atoms with Crippen LogP contribution in [0.25, 0.3) is 0 Å². The van der Waals surface area contributed by atoms with Crippen molar-refractivity contribution < 1.29 is 9.90 Å². The van der Waals surface area contributed by atoms with E-state index in [1.165, 1.54) is 11.8 Å². The average molecular weight is 312 g/mol. The second-order valence-corrected chi connectivity index (χ2v) is 6.95. The van der Waals surface area contributed by atoms with Crippen LogP contribution in [0, 0.1) is 0 Å². The second-order valence-electron chi connectivity index (χ2n) is 5.53. The van der Waals surface area contributed by atoms with Gasteiger partial charge in [0.1, 0.15) is 0 Å². The van der Waals surface area contributed by atoms with Crippen molar-refractivity contribution in [2.24, 2.45) is 0 Å². The van der Waals surface area contributed by atoms with Crippen LogP contribution in [-0.4, -0.2) is 39.9 Å². The van der Waals surface area contributed by atoms with Gasteiger partial charge in [-0.3, -0.25) is 4.79 Å². The van der Waals surface area contributed by atoms with Gasteiger partial charge in [-0.2, -0.15) is 0 Å². The number of aliphatic hydroxyl groups is 1. The maximum absolute atomic E-state index is 12.4. The molecule has 1 amide bonds. The SMILES string of the molecule is O=C(CSc1ccccc1Cl)N1C2CCC1CC(O)C2. The molecule has 2 bridgehead atoms. The lowest BCUT2D eigenvalue weighted by Crippen LogP contribution is -2.48. The second kappa shape index (κ2) is 5.96. The first-order valence-electron chi connectivity index (χ1n) is 7.01. The van der Waals surface area contributed by atoms with Gasteiger partial charge in [-0.25, -0.2) is 0 Å². The van der Waals surface area contributed by atoms with Crippen LogP contribution in [0.15, 0.2) is 29.2 Å². The highest BCUT2D eigenvalue weighted by Gasteiger charge is 2.42. The third kappa shape index (κ3) is 2.83. The minimum absolute atomic E-state index is 0.175. The van der Waals surface area contributed by atoms with Crippen molar-refractivity contribution >= 4 is 29.3 Å². The summed E-state index contributed by atoms with van der Waals surface area (Å²) in [5.74, 6) is 0.599. The number of rotatable bonds is 3. The Balaban J connectivity index is 1.62. The molecule has 0 aromatic heterocycles. The molecule has 20 heavy (non-hydrogen) atoms. The molecule has 2 fully saturated rings. The summed E-state index contributed by atoms with van der Waals surface area (Å²) < 4.78 is 0. The van der Waals surface area contributed by atoms with Gasteiger partial charge >= 0.3 is 0 Å². The van der Waals surface area contributed by atoms with Crippen molar-refractivity contribution in [2.45, 2.75) is 48.8 Å². The Bertz CT molecular complexity index is 496. The zero-order valence-electron chi connectivity index (χ0n) is 11.2. The molecule has 5 heteroatoms. The maximum Gasteiger partial charge on any atom is 0.233 e. The smallest absolute Gasteiger partial charge is 0.233 e. The molecule has 1 aromatic carbocycles. The van der Waals surface area contributed by atoms with Crippen molar-refractivity contribution in [3.63, 3.8) is 0 Å². The van der Waals surface area contributed by atoms with E-state index < -0.39 is 0 Å². The number of benzene rings is 1. The number of halogens is 1. The van der Waals surface area contributed by atoms with E-state index in [1.807, 2.05) is 29.2 Å². The average Bonchev–Trinajstić information content (AvgIpc) is 2.70. The molecule has 2 heterocycles. The van der Waals surface area contributed by atoms with Crippen LogP contribution in [0.2, 0.25) is 5.02 Å². The molecule has 3 nitrogen and oxygen atoms in total. The molecule has 2 aliphatic heterocycles. The normalized spacial score (nSPS) is 28.7. The number of hydrogen-bond acceptors (Lipinski definition) is 3. The number of carbonyl (C=O) groups is 1. The Hall–Kier alpha value is -0.710. The van der Waals surface area contributed by atoms with Gasteiger partial charge in [-0.05, 0) is 37.8 Å². The van der Waals surface area contributed by atoms with Gasteiger partial charge in [-0.1, -0.05) is 23.7 Å². The lowest BCUT2D eigenvalue weighted by molar-refractivity contribution is -0.134. The van der Waals surface area contributed by atoms with Gasteiger partial charge in [0.25, 0.3) is 0 Å². The van der Waals surface area contributed by atoms with Crippen LogP contribution in [0.4, 0.5) is 0 Å². The summed E-state index contributed by atoms with van der Waals surface area (Å²) in [6.45, 7) is 0. The Morgan fingerprint density at radius 2 is 1.95 bits per heavy atom. The Labute approximate surface area is 128 Å². The number of thioether (sulfide) groups is 1.